The summed E-state index contributed by atoms with van der Waals surface area (Å²) in [7, 11) is -5.68. The molecule has 0 bridgehead atoms. The first-order chi connectivity index (χ1) is 15.6. The lowest BCUT2D eigenvalue weighted by Gasteiger charge is -2.52. The molecule has 0 radical (unpaired) electrons. The number of para-hydroxylation sites is 1. The normalized spacial score (nSPS) is 15.7. The highest BCUT2D eigenvalue weighted by molar-refractivity contribution is 7.88. The van der Waals surface area contributed by atoms with Crippen molar-refractivity contribution in [2.75, 3.05) is 18.0 Å². The van der Waals surface area contributed by atoms with Crippen LogP contribution in [0.15, 0.2) is 78.9 Å². The van der Waals surface area contributed by atoms with Crippen LogP contribution in [-0.2, 0) is 23.0 Å². The summed E-state index contributed by atoms with van der Waals surface area (Å²) in [6.45, 7) is 3.72. The van der Waals surface area contributed by atoms with Gasteiger partial charge in [0, 0.05) is 24.2 Å². The fourth-order valence-corrected chi connectivity index (χ4v) is 4.74. The van der Waals surface area contributed by atoms with E-state index in [0.717, 1.165) is 30.8 Å². The predicted octanol–water partition coefficient (Wildman–Crippen LogP) is 5.52. The molecule has 1 fully saturated rings. The molecule has 0 spiro atoms. The summed E-state index contributed by atoms with van der Waals surface area (Å²) in [6.07, 6.45) is 1.56. The fraction of sp³-hybridized carbons (Fsp3) is 0.280. The second kappa shape index (κ2) is 8.74. The molecule has 0 aromatic heterocycles. The van der Waals surface area contributed by atoms with E-state index in [1.807, 2.05) is 25.1 Å². The lowest BCUT2D eigenvalue weighted by Crippen LogP contribution is -2.58. The van der Waals surface area contributed by atoms with Gasteiger partial charge in [0.05, 0.1) is 0 Å². The van der Waals surface area contributed by atoms with Crippen molar-refractivity contribution in [3.63, 3.8) is 0 Å². The molecule has 174 valence electrons. The van der Waals surface area contributed by atoms with Gasteiger partial charge in [0.1, 0.15) is 5.75 Å². The van der Waals surface area contributed by atoms with E-state index in [1.54, 1.807) is 12.1 Å². The van der Waals surface area contributed by atoms with Crippen molar-refractivity contribution < 1.29 is 25.8 Å². The van der Waals surface area contributed by atoms with E-state index >= 15 is 0 Å². The summed E-state index contributed by atoms with van der Waals surface area (Å²) in [4.78, 5) is 2.31. The molecule has 4 rings (SSSR count). The molecular formula is C25H24F3NO3S. The highest BCUT2D eigenvalue weighted by atomic mass is 32.2. The molecule has 0 unspecified atom stereocenters. The topological polar surface area (TPSA) is 46.6 Å². The third-order valence-corrected chi connectivity index (χ3v) is 6.84. The minimum atomic E-state index is -5.68. The monoisotopic (exact) mass is 475 g/mol. The van der Waals surface area contributed by atoms with Crippen LogP contribution in [0.2, 0.25) is 0 Å². The van der Waals surface area contributed by atoms with Gasteiger partial charge in [0.2, 0.25) is 0 Å². The molecule has 1 aliphatic rings. The average Bonchev–Trinajstić information content (AvgIpc) is 2.74. The van der Waals surface area contributed by atoms with E-state index in [-0.39, 0.29) is 11.2 Å². The number of aryl methyl sites for hydroxylation is 1. The number of hydrogen-bond donors (Lipinski definition) is 0. The number of halogens is 3. The first kappa shape index (κ1) is 23.2. The molecule has 3 aromatic carbocycles. The van der Waals surface area contributed by atoms with Gasteiger partial charge in [-0.1, -0.05) is 60.2 Å². The summed E-state index contributed by atoms with van der Waals surface area (Å²) in [6, 6.07) is 24.4. The van der Waals surface area contributed by atoms with Gasteiger partial charge in [-0.25, -0.2) is 0 Å². The smallest absolute Gasteiger partial charge is 0.376 e. The summed E-state index contributed by atoms with van der Waals surface area (Å²) in [5.41, 5.74) is -1.03. The lowest BCUT2D eigenvalue weighted by molar-refractivity contribution is -0.0500. The Morgan fingerprint density at radius 2 is 1.36 bits per heavy atom. The predicted molar refractivity (Wildman–Crippen MR) is 122 cm³/mol. The lowest BCUT2D eigenvalue weighted by atomic mass is 9.70. The van der Waals surface area contributed by atoms with Crippen LogP contribution in [0.5, 0.6) is 5.75 Å². The van der Waals surface area contributed by atoms with Gasteiger partial charge in [0.25, 0.3) is 0 Å². The highest BCUT2D eigenvalue weighted by Crippen LogP contribution is 2.40. The van der Waals surface area contributed by atoms with E-state index < -0.39 is 15.6 Å². The Hall–Kier alpha value is -3.00. The number of hydrogen-bond acceptors (Lipinski definition) is 4. The molecule has 3 aromatic rings. The molecule has 0 atom stereocenters. The molecule has 1 aliphatic heterocycles. The Labute approximate surface area is 191 Å². The zero-order chi connectivity index (χ0) is 23.7. The molecule has 0 N–H and O–H groups in total. The van der Waals surface area contributed by atoms with Crippen LogP contribution in [-0.4, -0.2) is 27.0 Å². The number of nitrogens with zero attached hydrogens (tertiary/aromatic N) is 1. The van der Waals surface area contributed by atoms with E-state index in [0.29, 0.717) is 6.42 Å². The van der Waals surface area contributed by atoms with Crippen LogP contribution in [0.1, 0.15) is 16.7 Å². The summed E-state index contributed by atoms with van der Waals surface area (Å²) in [5, 5.41) is 0. The van der Waals surface area contributed by atoms with Crippen molar-refractivity contribution in [2.45, 2.75) is 25.3 Å². The van der Waals surface area contributed by atoms with Gasteiger partial charge in [-0.2, -0.15) is 21.6 Å². The van der Waals surface area contributed by atoms with Crippen LogP contribution in [0.25, 0.3) is 0 Å². The minimum absolute atomic E-state index is 0.0501. The van der Waals surface area contributed by atoms with E-state index in [1.165, 1.54) is 23.3 Å². The Bertz CT molecular complexity index is 1190. The standard InChI is InChI=1S/C25H24F3NO3S/c1-19-7-9-20(10-8-19)15-24(17-29(18-24)22-5-3-2-4-6-22)16-21-11-13-23(14-12-21)32-33(30,31)25(26,27)28/h2-14H,15-18H2,1H3. The third kappa shape index (κ3) is 5.33. The van der Waals surface area contributed by atoms with E-state index in [9.17, 15) is 21.6 Å². The van der Waals surface area contributed by atoms with Gasteiger partial charge in [-0.15, -0.1) is 0 Å². The Balaban J connectivity index is 1.51. The maximum absolute atomic E-state index is 12.6. The largest absolute Gasteiger partial charge is 0.534 e. The highest BCUT2D eigenvalue weighted by Gasteiger charge is 2.48. The second-order valence-electron chi connectivity index (χ2n) is 8.66. The zero-order valence-corrected chi connectivity index (χ0v) is 18.9. The third-order valence-electron chi connectivity index (χ3n) is 5.87. The molecule has 4 nitrogen and oxygen atoms in total. The summed E-state index contributed by atoms with van der Waals surface area (Å²) < 4.78 is 64.4. The Morgan fingerprint density at radius 1 is 0.848 bits per heavy atom. The van der Waals surface area contributed by atoms with Gasteiger partial charge in [-0.05, 0) is 55.2 Å². The molecule has 8 heteroatoms. The Kier molecular flexibility index (Phi) is 6.14. The molecule has 0 amide bonds. The first-order valence-corrected chi connectivity index (χ1v) is 11.9. The van der Waals surface area contributed by atoms with Crippen LogP contribution in [0, 0.1) is 12.3 Å². The number of anilines is 1. The number of rotatable bonds is 7. The van der Waals surface area contributed by atoms with Crippen molar-refractivity contribution in [3.8, 4) is 5.75 Å². The quantitative estimate of drug-likeness (QED) is 0.334. The van der Waals surface area contributed by atoms with Crippen LogP contribution < -0.4 is 9.08 Å². The SMILES string of the molecule is Cc1ccc(CC2(Cc3ccc(OS(=O)(=O)C(F)(F)F)cc3)CN(c3ccccc3)C2)cc1. The minimum Gasteiger partial charge on any atom is -0.376 e. The second-order valence-corrected chi connectivity index (χ2v) is 10.2. The van der Waals surface area contributed by atoms with Gasteiger partial charge in [-0.3, -0.25) is 0 Å². The van der Waals surface area contributed by atoms with Crippen molar-refractivity contribution in [1.29, 1.82) is 0 Å². The summed E-state index contributed by atoms with van der Waals surface area (Å²) >= 11 is 0. The molecule has 0 saturated carbocycles. The van der Waals surface area contributed by atoms with E-state index in [2.05, 4.69) is 45.5 Å². The van der Waals surface area contributed by atoms with Gasteiger partial charge >= 0.3 is 15.6 Å². The van der Waals surface area contributed by atoms with Gasteiger partial charge < -0.3 is 9.08 Å². The van der Waals surface area contributed by atoms with Crippen LogP contribution >= 0.6 is 0 Å². The molecule has 1 heterocycles. The number of alkyl halides is 3. The molecular weight excluding hydrogens is 451 g/mol. The average molecular weight is 476 g/mol. The zero-order valence-electron chi connectivity index (χ0n) is 18.0. The Morgan fingerprint density at radius 3 is 1.88 bits per heavy atom. The van der Waals surface area contributed by atoms with Crippen molar-refractivity contribution >= 4 is 15.8 Å². The number of benzene rings is 3. The molecule has 33 heavy (non-hydrogen) atoms. The summed E-state index contributed by atoms with van der Waals surface area (Å²) in [5.74, 6) is -0.358. The van der Waals surface area contributed by atoms with Crippen molar-refractivity contribution in [2.24, 2.45) is 5.41 Å². The fourth-order valence-electron chi connectivity index (χ4n) is 4.28. The van der Waals surface area contributed by atoms with E-state index in [4.69, 9.17) is 0 Å². The first-order valence-electron chi connectivity index (χ1n) is 10.5. The van der Waals surface area contributed by atoms with Crippen molar-refractivity contribution in [1.82, 2.24) is 0 Å². The molecule has 1 saturated heterocycles. The van der Waals surface area contributed by atoms with Crippen LogP contribution in [0.4, 0.5) is 18.9 Å². The maximum atomic E-state index is 12.6. The molecule has 0 aliphatic carbocycles. The maximum Gasteiger partial charge on any atom is 0.534 e. The van der Waals surface area contributed by atoms with Gasteiger partial charge in [0.15, 0.2) is 0 Å². The van der Waals surface area contributed by atoms with Crippen LogP contribution in [0.3, 0.4) is 0 Å². The van der Waals surface area contributed by atoms with Crippen molar-refractivity contribution in [3.05, 3.63) is 95.6 Å².